The lowest BCUT2D eigenvalue weighted by atomic mass is 10.1. The number of carbonyl (C=O) groups excluding carboxylic acids is 2. The average Bonchev–Trinajstić information content (AvgIpc) is 2.74. The smallest absolute Gasteiger partial charge is 0.270 e. The molecule has 0 fully saturated rings. The van der Waals surface area contributed by atoms with Gasteiger partial charge in [-0.15, -0.1) is 0 Å². The topological polar surface area (TPSA) is 84.0 Å². The molecule has 0 aliphatic rings. The number of halogens is 1. The fourth-order valence-corrected chi connectivity index (χ4v) is 2.64. The third-order valence-corrected chi connectivity index (χ3v) is 4.24. The van der Waals surface area contributed by atoms with Crippen LogP contribution in [-0.2, 0) is 13.0 Å². The van der Waals surface area contributed by atoms with Gasteiger partial charge >= 0.3 is 0 Å². The molecule has 0 radical (unpaired) electrons. The lowest BCUT2D eigenvalue weighted by Crippen LogP contribution is -2.28. The number of hydrogen-bond acceptors (Lipinski definition) is 4. The summed E-state index contributed by atoms with van der Waals surface area (Å²) < 4.78 is 0. The normalized spacial score (nSPS) is 10.3. The number of benzene rings is 1. The molecule has 0 unspecified atom stereocenters. The van der Waals surface area contributed by atoms with E-state index in [4.69, 9.17) is 11.6 Å². The maximum Gasteiger partial charge on any atom is 0.270 e. The van der Waals surface area contributed by atoms with Crippen LogP contribution < -0.4 is 10.6 Å². The van der Waals surface area contributed by atoms with Crippen LogP contribution >= 0.6 is 11.6 Å². The Hall–Kier alpha value is -3.25. The number of pyridine rings is 2. The molecule has 0 atom stereocenters. The SMILES string of the molecule is O=C(NCCc1ccc(Cl)cc1)c1cccc(C(=O)NCc2ccccn2)n1. The van der Waals surface area contributed by atoms with Crippen molar-refractivity contribution in [2.45, 2.75) is 13.0 Å². The van der Waals surface area contributed by atoms with Gasteiger partial charge in [-0.3, -0.25) is 14.6 Å². The molecule has 0 saturated heterocycles. The Balaban J connectivity index is 1.53. The van der Waals surface area contributed by atoms with Crippen LogP contribution in [0.5, 0.6) is 0 Å². The van der Waals surface area contributed by atoms with Crippen molar-refractivity contribution in [3.63, 3.8) is 0 Å². The van der Waals surface area contributed by atoms with Crippen LogP contribution in [0.3, 0.4) is 0 Å². The zero-order chi connectivity index (χ0) is 19.8. The highest BCUT2D eigenvalue weighted by molar-refractivity contribution is 6.30. The summed E-state index contributed by atoms with van der Waals surface area (Å²) in [7, 11) is 0. The lowest BCUT2D eigenvalue weighted by Gasteiger charge is -2.07. The molecule has 0 aliphatic carbocycles. The molecule has 7 heteroatoms. The number of nitrogens with one attached hydrogen (secondary N) is 2. The van der Waals surface area contributed by atoms with Gasteiger partial charge in [-0.25, -0.2) is 4.98 Å². The molecule has 2 aromatic heterocycles. The molecular weight excluding hydrogens is 376 g/mol. The third-order valence-electron chi connectivity index (χ3n) is 3.98. The largest absolute Gasteiger partial charge is 0.350 e. The molecule has 6 nitrogen and oxygen atoms in total. The molecule has 2 N–H and O–H groups in total. The van der Waals surface area contributed by atoms with Crippen molar-refractivity contribution in [3.8, 4) is 0 Å². The first-order valence-corrected chi connectivity index (χ1v) is 9.17. The second-order valence-corrected chi connectivity index (χ2v) is 6.48. The molecule has 0 spiro atoms. The minimum Gasteiger partial charge on any atom is -0.350 e. The van der Waals surface area contributed by atoms with E-state index in [-0.39, 0.29) is 23.2 Å². The van der Waals surface area contributed by atoms with Crippen molar-refractivity contribution in [2.75, 3.05) is 6.54 Å². The Morgan fingerprint density at radius 3 is 2.25 bits per heavy atom. The highest BCUT2D eigenvalue weighted by atomic mass is 35.5. The van der Waals surface area contributed by atoms with E-state index in [0.29, 0.717) is 24.5 Å². The van der Waals surface area contributed by atoms with Gasteiger partial charge in [-0.1, -0.05) is 35.9 Å². The zero-order valence-corrected chi connectivity index (χ0v) is 15.8. The fourth-order valence-electron chi connectivity index (χ4n) is 2.51. The predicted octanol–water partition coefficient (Wildman–Crippen LogP) is 3.03. The van der Waals surface area contributed by atoms with Gasteiger partial charge in [0.2, 0.25) is 0 Å². The lowest BCUT2D eigenvalue weighted by molar-refractivity contribution is 0.0942. The summed E-state index contributed by atoms with van der Waals surface area (Å²) in [4.78, 5) is 32.9. The number of carbonyl (C=O) groups is 2. The molecule has 28 heavy (non-hydrogen) atoms. The molecule has 1 aromatic carbocycles. The Morgan fingerprint density at radius 1 is 0.857 bits per heavy atom. The molecule has 0 aliphatic heterocycles. The maximum atomic E-state index is 12.3. The molecular formula is C21H19ClN4O2. The van der Waals surface area contributed by atoms with Gasteiger partial charge < -0.3 is 10.6 Å². The number of rotatable bonds is 7. The molecule has 0 bridgehead atoms. The van der Waals surface area contributed by atoms with Crippen LogP contribution in [0.1, 0.15) is 32.2 Å². The van der Waals surface area contributed by atoms with Crippen molar-refractivity contribution >= 4 is 23.4 Å². The Bertz CT molecular complexity index is 946. The van der Waals surface area contributed by atoms with E-state index in [1.165, 1.54) is 0 Å². The van der Waals surface area contributed by atoms with Crippen LogP contribution in [-0.4, -0.2) is 28.3 Å². The second kappa shape index (κ2) is 9.62. The minimum atomic E-state index is -0.360. The van der Waals surface area contributed by atoms with Gasteiger partial charge in [-0.2, -0.15) is 0 Å². The third kappa shape index (κ3) is 5.62. The highest BCUT2D eigenvalue weighted by Gasteiger charge is 2.12. The maximum absolute atomic E-state index is 12.3. The zero-order valence-electron chi connectivity index (χ0n) is 15.1. The standard InChI is InChI=1S/C21H19ClN4O2/c22-16-9-7-15(8-10-16)11-13-24-20(27)18-5-3-6-19(26-18)21(28)25-14-17-4-1-2-12-23-17/h1-10,12H,11,13-14H2,(H,24,27)(H,25,28). The summed E-state index contributed by atoms with van der Waals surface area (Å²) in [6, 6.07) is 17.7. The molecule has 0 saturated carbocycles. The molecule has 3 aromatic rings. The Kier molecular flexibility index (Phi) is 6.70. The van der Waals surface area contributed by atoms with Gasteiger partial charge in [0.1, 0.15) is 11.4 Å². The van der Waals surface area contributed by atoms with Crippen molar-refractivity contribution in [3.05, 3.63) is 94.5 Å². The van der Waals surface area contributed by atoms with E-state index in [0.717, 1.165) is 11.3 Å². The monoisotopic (exact) mass is 394 g/mol. The summed E-state index contributed by atoms with van der Waals surface area (Å²) in [6.45, 7) is 0.747. The van der Waals surface area contributed by atoms with E-state index >= 15 is 0 Å². The first-order chi connectivity index (χ1) is 13.6. The van der Waals surface area contributed by atoms with Gasteiger partial charge in [0.05, 0.1) is 12.2 Å². The first-order valence-electron chi connectivity index (χ1n) is 8.79. The summed E-state index contributed by atoms with van der Waals surface area (Å²) in [6.07, 6.45) is 2.34. The van der Waals surface area contributed by atoms with E-state index in [9.17, 15) is 9.59 Å². The van der Waals surface area contributed by atoms with E-state index in [1.54, 1.807) is 24.4 Å². The molecule has 2 amide bonds. The van der Waals surface area contributed by atoms with Crippen molar-refractivity contribution in [1.29, 1.82) is 0 Å². The van der Waals surface area contributed by atoms with Gasteiger partial charge in [0, 0.05) is 17.8 Å². The molecule has 142 valence electrons. The number of amides is 2. The molecule has 2 heterocycles. The van der Waals surface area contributed by atoms with Gasteiger partial charge in [-0.05, 0) is 48.4 Å². The summed E-state index contributed by atoms with van der Waals surface area (Å²) in [5.41, 5.74) is 2.19. The van der Waals surface area contributed by atoms with Gasteiger partial charge in [0.15, 0.2) is 0 Å². The van der Waals surface area contributed by atoms with Crippen molar-refractivity contribution < 1.29 is 9.59 Å². The van der Waals surface area contributed by atoms with Crippen molar-refractivity contribution in [1.82, 2.24) is 20.6 Å². The van der Waals surface area contributed by atoms with Crippen LogP contribution in [0, 0.1) is 0 Å². The van der Waals surface area contributed by atoms with E-state index < -0.39 is 0 Å². The van der Waals surface area contributed by atoms with Crippen LogP contribution in [0.25, 0.3) is 0 Å². The minimum absolute atomic E-state index is 0.182. The van der Waals surface area contributed by atoms with Crippen LogP contribution in [0.15, 0.2) is 66.9 Å². The average molecular weight is 395 g/mol. The second-order valence-electron chi connectivity index (χ2n) is 6.04. The van der Waals surface area contributed by atoms with Crippen LogP contribution in [0.4, 0.5) is 0 Å². The quantitative estimate of drug-likeness (QED) is 0.645. The van der Waals surface area contributed by atoms with E-state index in [1.807, 2.05) is 42.5 Å². The van der Waals surface area contributed by atoms with Crippen LogP contribution in [0.2, 0.25) is 5.02 Å². The van der Waals surface area contributed by atoms with Gasteiger partial charge in [0.25, 0.3) is 11.8 Å². The Morgan fingerprint density at radius 2 is 1.57 bits per heavy atom. The first kappa shape index (κ1) is 19.5. The number of aromatic nitrogens is 2. The fraction of sp³-hybridized carbons (Fsp3) is 0.143. The highest BCUT2D eigenvalue weighted by Crippen LogP contribution is 2.09. The predicted molar refractivity (Wildman–Crippen MR) is 107 cm³/mol. The summed E-state index contributed by atoms with van der Waals surface area (Å²) >= 11 is 5.86. The van der Waals surface area contributed by atoms with E-state index in [2.05, 4.69) is 20.6 Å². The number of nitrogens with zero attached hydrogens (tertiary/aromatic N) is 2. The summed E-state index contributed by atoms with van der Waals surface area (Å²) in [5, 5.41) is 6.23. The number of hydrogen-bond donors (Lipinski definition) is 2. The van der Waals surface area contributed by atoms with Crippen molar-refractivity contribution in [2.24, 2.45) is 0 Å². The molecule has 3 rings (SSSR count). The summed E-state index contributed by atoms with van der Waals surface area (Å²) in [5.74, 6) is -0.685. The Labute approximate surface area is 168 Å².